The van der Waals surface area contributed by atoms with E-state index < -0.39 is 5.97 Å². The lowest BCUT2D eigenvalue weighted by atomic mass is 9.78. The number of unbranched alkanes of at least 4 members (excludes halogenated alkanes) is 4. The third kappa shape index (κ3) is 8.04. The zero-order valence-electron chi connectivity index (χ0n) is 17.7. The van der Waals surface area contributed by atoms with Gasteiger partial charge in [0.2, 0.25) is 0 Å². The normalized spacial score (nSPS) is 26.2. The highest BCUT2D eigenvalue weighted by atomic mass is 16.5. The molecule has 2 bridgehead atoms. The maximum Gasteiger partial charge on any atom is 0.303 e. The minimum Gasteiger partial charge on any atom is -0.458 e. The molecule has 0 N–H and O–H groups in total. The first-order valence-corrected chi connectivity index (χ1v) is 11.1. The highest BCUT2D eigenvalue weighted by molar-refractivity contribution is 5.81. The second kappa shape index (κ2) is 13.1. The molecular weight excluding hydrogens is 356 g/mol. The Balaban J connectivity index is 1.61. The number of allylic oxidation sites excluding steroid dienone is 2. The van der Waals surface area contributed by atoms with Crippen LogP contribution in [0.1, 0.15) is 78.1 Å². The van der Waals surface area contributed by atoms with Gasteiger partial charge in [0.1, 0.15) is 6.61 Å². The van der Waals surface area contributed by atoms with Crippen molar-refractivity contribution < 1.29 is 23.8 Å². The summed E-state index contributed by atoms with van der Waals surface area (Å²) in [7, 11) is 0. The Bertz CT molecular complexity index is 501. The van der Waals surface area contributed by atoms with Gasteiger partial charge in [0.25, 0.3) is 0 Å². The molecule has 2 aliphatic heterocycles. The number of hydrogen-bond acceptors (Lipinski definition) is 5. The first-order valence-electron chi connectivity index (χ1n) is 11.1. The van der Waals surface area contributed by atoms with Crippen LogP contribution in [0.25, 0.3) is 0 Å². The Kier molecular flexibility index (Phi) is 10.8. The predicted molar refractivity (Wildman–Crippen MR) is 109 cm³/mol. The first kappa shape index (κ1) is 23.1. The van der Waals surface area contributed by atoms with Crippen LogP contribution in [0.2, 0.25) is 0 Å². The standard InChI is InChI=1S/C23H38O5/c1-3-4-5-10-15-26-17-21-20(22-13-14-23(21)28-22)12-9-7-6-8-11-19(25)16-27-18(2)24/h7,9,20-23H,3-6,8,10-17H2,1-2H3/b9-7-/t20-,21+,22-,23+/m1/s1. The van der Waals surface area contributed by atoms with E-state index in [-0.39, 0.29) is 12.4 Å². The Morgan fingerprint density at radius 3 is 2.57 bits per heavy atom. The van der Waals surface area contributed by atoms with Crippen molar-refractivity contribution in [2.24, 2.45) is 11.8 Å². The summed E-state index contributed by atoms with van der Waals surface area (Å²) >= 11 is 0. The van der Waals surface area contributed by atoms with Crippen LogP contribution >= 0.6 is 0 Å². The van der Waals surface area contributed by atoms with Crippen molar-refractivity contribution in [2.45, 2.75) is 90.3 Å². The van der Waals surface area contributed by atoms with Gasteiger partial charge in [0, 0.05) is 25.9 Å². The number of ether oxygens (including phenoxy) is 3. The van der Waals surface area contributed by atoms with Crippen molar-refractivity contribution in [3.63, 3.8) is 0 Å². The average molecular weight is 395 g/mol. The summed E-state index contributed by atoms with van der Waals surface area (Å²) in [5, 5.41) is 0. The van der Waals surface area contributed by atoms with E-state index in [9.17, 15) is 9.59 Å². The zero-order valence-corrected chi connectivity index (χ0v) is 17.7. The number of carbonyl (C=O) groups is 2. The zero-order chi connectivity index (χ0) is 20.2. The molecule has 4 atom stereocenters. The summed E-state index contributed by atoms with van der Waals surface area (Å²) in [5.41, 5.74) is 0. The molecule has 2 saturated heterocycles. The monoisotopic (exact) mass is 394 g/mol. The Labute approximate surface area is 170 Å². The number of rotatable bonds is 15. The van der Waals surface area contributed by atoms with E-state index >= 15 is 0 Å². The van der Waals surface area contributed by atoms with E-state index in [0.29, 0.717) is 30.5 Å². The van der Waals surface area contributed by atoms with Gasteiger partial charge in [-0.2, -0.15) is 0 Å². The van der Waals surface area contributed by atoms with Crippen molar-refractivity contribution in [3.05, 3.63) is 12.2 Å². The van der Waals surface area contributed by atoms with Gasteiger partial charge in [-0.05, 0) is 44.4 Å². The van der Waals surface area contributed by atoms with Crippen molar-refractivity contribution in [1.82, 2.24) is 0 Å². The molecule has 2 aliphatic rings. The summed E-state index contributed by atoms with van der Waals surface area (Å²) in [6, 6.07) is 0. The van der Waals surface area contributed by atoms with Gasteiger partial charge < -0.3 is 14.2 Å². The average Bonchev–Trinajstić information content (AvgIpc) is 3.27. The third-order valence-corrected chi connectivity index (χ3v) is 5.88. The van der Waals surface area contributed by atoms with E-state index in [1.165, 1.54) is 39.0 Å². The number of ketones is 1. The van der Waals surface area contributed by atoms with Crippen LogP contribution in [0.5, 0.6) is 0 Å². The van der Waals surface area contributed by atoms with Crippen LogP contribution in [0, 0.1) is 11.8 Å². The molecule has 0 aromatic rings. The Hall–Kier alpha value is -1.20. The molecular formula is C23H38O5. The fourth-order valence-electron chi connectivity index (χ4n) is 4.32. The predicted octanol–water partition coefficient (Wildman–Crippen LogP) is 4.63. The van der Waals surface area contributed by atoms with Crippen LogP contribution in [0.15, 0.2) is 12.2 Å². The Morgan fingerprint density at radius 1 is 1.04 bits per heavy atom. The number of fused-ring (bicyclic) bond motifs is 2. The summed E-state index contributed by atoms with van der Waals surface area (Å²) in [5.74, 6) is 0.679. The van der Waals surface area contributed by atoms with Crippen LogP contribution in [0.4, 0.5) is 0 Å². The summed E-state index contributed by atoms with van der Waals surface area (Å²) in [4.78, 5) is 22.3. The summed E-state index contributed by atoms with van der Waals surface area (Å²) in [6.45, 7) is 5.16. The molecule has 0 amide bonds. The minimum absolute atomic E-state index is 0.0127. The van der Waals surface area contributed by atoms with Gasteiger partial charge in [-0.1, -0.05) is 38.3 Å². The molecule has 160 valence electrons. The fraction of sp³-hybridized carbons (Fsp3) is 0.826. The first-order chi connectivity index (χ1) is 13.6. The number of esters is 1. The highest BCUT2D eigenvalue weighted by Gasteiger charge is 2.48. The third-order valence-electron chi connectivity index (χ3n) is 5.88. The van der Waals surface area contributed by atoms with Crippen molar-refractivity contribution in [3.8, 4) is 0 Å². The number of Topliss-reactive ketones (excluding diaryl/α,β-unsaturated/α-hetero) is 1. The minimum atomic E-state index is -0.402. The van der Waals surface area contributed by atoms with E-state index in [0.717, 1.165) is 38.9 Å². The summed E-state index contributed by atoms with van der Waals surface area (Å²) < 4.78 is 16.8. The maximum absolute atomic E-state index is 11.6. The topological polar surface area (TPSA) is 61.8 Å². The van der Waals surface area contributed by atoms with Crippen LogP contribution < -0.4 is 0 Å². The maximum atomic E-state index is 11.6. The van der Waals surface area contributed by atoms with E-state index in [1.807, 2.05) is 0 Å². The van der Waals surface area contributed by atoms with Gasteiger partial charge in [0.15, 0.2) is 5.78 Å². The summed E-state index contributed by atoms with van der Waals surface area (Å²) in [6.07, 6.45) is 15.7. The van der Waals surface area contributed by atoms with E-state index in [1.54, 1.807) is 0 Å². The quantitative estimate of drug-likeness (QED) is 0.230. The molecule has 0 saturated carbocycles. The highest BCUT2D eigenvalue weighted by Crippen LogP contribution is 2.45. The van der Waals surface area contributed by atoms with Gasteiger partial charge in [-0.15, -0.1) is 0 Å². The molecule has 5 heteroatoms. The van der Waals surface area contributed by atoms with Gasteiger partial charge in [-0.25, -0.2) is 0 Å². The molecule has 0 aliphatic carbocycles. The van der Waals surface area contributed by atoms with Crippen LogP contribution in [-0.4, -0.2) is 43.8 Å². The lowest BCUT2D eigenvalue weighted by molar-refractivity contribution is -0.145. The van der Waals surface area contributed by atoms with E-state index in [2.05, 4.69) is 19.1 Å². The lowest BCUT2D eigenvalue weighted by Crippen LogP contribution is -2.30. The second-order valence-electron chi connectivity index (χ2n) is 8.17. The van der Waals surface area contributed by atoms with Gasteiger partial charge in [0.05, 0.1) is 18.8 Å². The number of carbonyl (C=O) groups excluding carboxylic acids is 2. The molecule has 2 rings (SSSR count). The molecule has 0 radical (unpaired) electrons. The molecule has 0 aromatic heterocycles. The number of hydrogen-bond donors (Lipinski definition) is 0. The van der Waals surface area contributed by atoms with Crippen LogP contribution in [-0.2, 0) is 23.8 Å². The van der Waals surface area contributed by atoms with Crippen molar-refractivity contribution >= 4 is 11.8 Å². The SMILES string of the molecule is CCCCCCOC[C@H]1[C@@H](C/C=C\CCCC(=O)COC(C)=O)[C@H]2CC[C@@H]1O2. The van der Waals surface area contributed by atoms with Crippen LogP contribution in [0.3, 0.4) is 0 Å². The molecule has 2 heterocycles. The van der Waals surface area contributed by atoms with Crippen molar-refractivity contribution in [2.75, 3.05) is 19.8 Å². The van der Waals surface area contributed by atoms with Gasteiger partial charge in [-0.3, -0.25) is 9.59 Å². The molecule has 2 fully saturated rings. The fourth-order valence-corrected chi connectivity index (χ4v) is 4.32. The van der Waals surface area contributed by atoms with E-state index in [4.69, 9.17) is 14.2 Å². The lowest BCUT2D eigenvalue weighted by Gasteiger charge is -2.27. The Morgan fingerprint density at radius 2 is 1.82 bits per heavy atom. The second-order valence-corrected chi connectivity index (χ2v) is 8.17. The smallest absolute Gasteiger partial charge is 0.303 e. The molecule has 5 nitrogen and oxygen atoms in total. The van der Waals surface area contributed by atoms with Crippen molar-refractivity contribution in [1.29, 1.82) is 0 Å². The molecule has 0 aromatic carbocycles. The largest absolute Gasteiger partial charge is 0.458 e. The molecule has 28 heavy (non-hydrogen) atoms. The van der Waals surface area contributed by atoms with Gasteiger partial charge >= 0.3 is 5.97 Å². The molecule has 0 spiro atoms. The molecule has 0 unspecified atom stereocenters.